The first kappa shape index (κ1) is 26.3. The summed E-state index contributed by atoms with van der Waals surface area (Å²) in [6, 6.07) is 24.2. The molecule has 200 valence electrons. The largest absolute Gasteiger partial charge is 0.444 e. The van der Waals surface area contributed by atoms with E-state index in [2.05, 4.69) is 41.7 Å². The monoisotopic (exact) mass is 522 g/mol. The van der Waals surface area contributed by atoms with Gasteiger partial charge in [-0.3, -0.25) is 4.79 Å². The van der Waals surface area contributed by atoms with E-state index in [1.807, 2.05) is 55.7 Å². The fourth-order valence-electron chi connectivity index (χ4n) is 5.18. The minimum Gasteiger partial charge on any atom is -0.444 e. The van der Waals surface area contributed by atoms with Crippen molar-refractivity contribution in [2.45, 2.75) is 45.8 Å². The maximum absolute atomic E-state index is 13.5. The van der Waals surface area contributed by atoms with Crippen LogP contribution in [0.5, 0.6) is 0 Å². The third-order valence-corrected chi connectivity index (χ3v) is 7.24. The van der Waals surface area contributed by atoms with E-state index < -0.39 is 5.60 Å². The van der Waals surface area contributed by atoms with Gasteiger partial charge in [0, 0.05) is 31.6 Å². The molecule has 1 aromatic heterocycles. The van der Waals surface area contributed by atoms with Gasteiger partial charge in [-0.25, -0.2) is 4.79 Å². The van der Waals surface area contributed by atoms with Gasteiger partial charge >= 0.3 is 6.09 Å². The quantitative estimate of drug-likeness (QED) is 0.344. The van der Waals surface area contributed by atoms with Gasteiger partial charge in [0.25, 0.3) is 5.91 Å². The minimum absolute atomic E-state index is 0.139. The van der Waals surface area contributed by atoms with E-state index in [9.17, 15) is 14.9 Å². The van der Waals surface area contributed by atoms with E-state index in [0.717, 1.165) is 34.7 Å². The van der Waals surface area contributed by atoms with Gasteiger partial charge in [0.1, 0.15) is 11.3 Å². The molecule has 0 radical (unpaired) electrons. The van der Waals surface area contributed by atoms with Crippen molar-refractivity contribution in [3.63, 3.8) is 0 Å². The first-order valence-corrected chi connectivity index (χ1v) is 13.5. The molecule has 7 heteroatoms. The zero-order valence-corrected chi connectivity index (χ0v) is 22.7. The number of carbonyl (C=O) groups excluding carboxylic acids is 2. The molecule has 2 amide bonds. The second-order valence-electron chi connectivity index (χ2n) is 11.3. The van der Waals surface area contributed by atoms with Crippen molar-refractivity contribution in [3.05, 3.63) is 83.6 Å². The van der Waals surface area contributed by atoms with Gasteiger partial charge in [0.2, 0.25) is 0 Å². The lowest BCUT2D eigenvalue weighted by Gasteiger charge is -2.33. The van der Waals surface area contributed by atoms with Gasteiger partial charge in [-0.05, 0) is 80.1 Å². The fraction of sp³-hybridized carbons (Fsp3) is 0.344. The summed E-state index contributed by atoms with van der Waals surface area (Å²) in [6.07, 6.45) is 1.34. The number of fused-ring (bicyclic) bond motifs is 2. The Morgan fingerprint density at radius 1 is 0.974 bits per heavy atom. The van der Waals surface area contributed by atoms with Crippen LogP contribution < -0.4 is 5.32 Å². The van der Waals surface area contributed by atoms with Crippen molar-refractivity contribution in [1.29, 1.82) is 5.26 Å². The Hall–Kier alpha value is -4.31. The summed E-state index contributed by atoms with van der Waals surface area (Å²) in [4.78, 5) is 27.6. The van der Waals surface area contributed by atoms with Gasteiger partial charge < -0.3 is 19.5 Å². The highest BCUT2D eigenvalue weighted by Gasteiger charge is 2.27. The number of likely N-dealkylation sites (tertiary alicyclic amines) is 1. The Bertz CT molecular complexity index is 1570. The molecule has 0 spiro atoms. The lowest BCUT2D eigenvalue weighted by Crippen LogP contribution is -2.43. The van der Waals surface area contributed by atoms with Crippen LogP contribution in [0.4, 0.5) is 4.79 Å². The predicted molar refractivity (Wildman–Crippen MR) is 153 cm³/mol. The number of nitrogens with one attached hydrogen (secondary N) is 1. The van der Waals surface area contributed by atoms with Crippen LogP contribution in [-0.4, -0.2) is 46.7 Å². The normalized spacial score (nSPS) is 14.4. The molecule has 1 aliphatic rings. The number of nitrogens with zero attached hydrogens (tertiary/aromatic N) is 3. The first-order valence-electron chi connectivity index (χ1n) is 13.5. The number of carbonyl (C=O) groups is 2. The van der Waals surface area contributed by atoms with Crippen molar-refractivity contribution in [2.24, 2.45) is 5.92 Å². The van der Waals surface area contributed by atoms with Crippen LogP contribution in [0.2, 0.25) is 0 Å². The van der Waals surface area contributed by atoms with Crippen molar-refractivity contribution in [2.75, 3.05) is 19.6 Å². The van der Waals surface area contributed by atoms with E-state index in [1.54, 1.807) is 11.0 Å². The van der Waals surface area contributed by atoms with Crippen LogP contribution in [0.1, 0.15) is 55.2 Å². The molecule has 39 heavy (non-hydrogen) atoms. The average molecular weight is 523 g/mol. The second-order valence-corrected chi connectivity index (χ2v) is 11.3. The molecule has 2 heterocycles. The molecule has 0 bridgehead atoms. The third-order valence-electron chi connectivity index (χ3n) is 7.24. The standard InChI is InChI=1S/C32H34N4O3/c1-32(2,3)39-31(38)35-14-12-22(13-15-35)20-34-30(37)29-18-27-11-8-23(19-33)17-28(27)36(29)21-24-9-10-25-6-4-5-7-26(25)16-24/h4-11,16-18,22H,12-15,20-21H2,1-3H3,(H,34,37). The van der Waals surface area contributed by atoms with Crippen LogP contribution in [0.25, 0.3) is 21.7 Å². The Balaban J connectivity index is 1.31. The summed E-state index contributed by atoms with van der Waals surface area (Å²) in [5, 5.41) is 15.9. The van der Waals surface area contributed by atoms with Crippen LogP contribution >= 0.6 is 0 Å². The molecule has 1 saturated heterocycles. The number of benzene rings is 3. The summed E-state index contributed by atoms with van der Waals surface area (Å²) in [5.41, 5.74) is 2.56. The summed E-state index contributed by atoms with van der Waals surface area (Å²) in [6.45, 7) is 7.90. The average Bonchev–Trinajstić information content (AvgIpc) is 3.28. The zero-order chi connectivity index (χ0) is 27.6. The van der Waals surface area contributed by atoms with Crippen molar-refractivity contribution in [1.82, 2.24) is 14.8 Å². The van der Waals surface area contributed by atoms with Crippen molar-refractivity contribution >= 4 is 33.7 Å². The highest BCUT2D eigenvalue weighted by molar-refractivity contribution is 5.99. The molecule has 1 fully saturated rings. The highest BCUT2D eigenvalue weighted by Crippen LogP contribution is 2.25. The maximum Gasteiger partial charge on any atom is 0.410 e. The second kappa shape index (κ2) is 10.8. The molecule has 3 aromatic carbocycles. The Morgan fingerprint density at radius 2 is 1.69 bits per heavy atom. The minimum atomic E-state index is -0.513. The molecular formula is C32H34N4O3. The summed E-state index contributed by atoms with van der Waals surface area (Å²) in [5.74, 6) is 0.149. The van der Waals surface area contributed by atoms with E-state index in [1.165, 1.54) is 5.39 Å². The lowest BCUT2D eigenvalue weighted by atomic mass is 9.97. The van der Waals surface area contributed by atoms with E-state index in [-0.39, 0.29) is 17.9 Å². The van der Waals surface area contributed by atoms with Crippen LogP contribution in [0.3, 0.4) is 0 Å². The number of piperidine rings is 1. The summed E-state index contributed by atoms with van der Waals surface area (Å²) < 4.78 is 7.49. The predicted octanol–water partition coefficient (Wildman–Crippen LogP) is 6.09. The SMILES string of the molecule is CC(C)(C)OC(=O)N1CCC(CNC(=O)c2cc3ccc(C#N)cc3n2Cc2ccc3ccccc3c2)CC1. The molecule has 0 saturated carbocycles. The Labute approximate surface area is 229 Å². The summed E-state index contributed by atoms with van der Waals surface area (Å²) in [7, 11) is 0. The Morgan fingerprint density at radius 3 is 2.41 bits per heavy atom. The number of ether oxygens (including phenoxy) is 1. The molecule has 0 aliphatic carbocycles. The van der Waals surface area contributed by atoms with Gasteiger partial charge in [0.15, 0.2) is 0 Å². The molecule has 1 N–H and O–H groups in total. The number of hydrogen-bond donors (Lipinski definition) is 1. The van der Waals surface area contributed by atoms with E-state index in [0.29, 0.717) is 37.4 Å². The fourth-order valence-corrected chi connectivity index (χ4v) is 5.18. The van der Waals surface area contributed by atoms with Crippen molar-refractivity contribution < 1.29 is 14.3 Å². The van der Waals surface area contributed by atoms with E-state index in [4.69, 9.17) is 4.74 Å². The first-order chi connectivity index (χ1) is 18.7. The smallest absolute Gasteiger partial charge is 0.410 e. The molecule has 0 atom stereocenters. The molecule has 1 aliphatic heterocycles. The van der Waals surface area contributed by atoms with Gasteiger partial charge in [-0.2, -0.15) is 5.26 Å². The number of hydrogen-bond acceptors (Lipinski definition) is 4. The molecule has 4 aromatic rings. The van der Waals surface area contributed by atoms with Gasteiger partial charge in [0.05, 0.1) is 17.1 Å². The van der Waals surface area contributed by atoms with Gasteiger partial charge in [-0.1, -0.05) is 42.5 Å². The van der Waals surface area contributed by atoms with Gasteiger partial charge in [-0.15, -0.1) is 0 Å². The topological polar surface area (TPSA) is 87.4 Å². The van der Waals surface area contributed by atoms with Crippen LogP contribution in [0.15, 0.2) is 66.7 Å². The molecule has 0 unspecified atom stereocenters. The Kier molecular flexibility index (Phi) is 7.30. The molecule has 7 nitrogen and oxygen atoms in total. The zero-order valence-electron chi connectivity index (χ0n) is 22.7. The van der Waals surface area contributed by atoms with E-state index >= 15 is 0 Å². The highest BCUT2D eigenvalue weighted by atomic mass is 16.6. The number of rotatable bonds is 5. The van der Waals surface area contributed by atoms with Crippen LogP contribution in [-0.2, 0) is 11.3 Å². The molecule has 5 rings (SSSR count). The number of nitriles is 1. The number of aromatic nitrogens is 1. The summed E-state index contributed by atoms with van der Waals surface area (Å²) >= 11 is 0. The van der Waals surface area contributed by atoms with Crippen LogP contribution in [0, 0.1) is 17.2 Å². The number of amides is 2. The lowest BCUT2D eigenvalue weighted by molar-refractivity contribution is 0.0183. The third kappa shape index (κ3) is 6.06. The van der Waals surface area contributed by atoms with Crippen molar-refractivity contribution in [3.8, 4) is 6.07 Å². The maximum atomic E-state index is 13.5. The molecular weight excluding hydrogens is 488 g/mol.